The first-order valence-electron chi connectivity index (χ1n) is 9.24. The molecule has 0 saturated carbocycles. The summed E-state index contributed by atoms with van der Waals surface area (Å²) in [4.78, 5) is 24.4. The van der Waals surface area contributed by atoms with Gasteiger partial charge in [-0.25, -0.2) is 0 Å². The van der Waals surface area contributed by atoms with E-state index in [9.17, 15) is 14.7 Å². The number of carbonyl (C=O) groups excluding carboxylic acids is 1. The number of carbonyl (C=O) groups is 2. The van der Waals surface area contributed by atoms with Gasteiger partial charge in [0.25, 0.3) is 0 Å². The van der Waals surface area contributed by atoms with Crippen LogP contribution in [0.15, 0.2) is 54.8 Å². The van der Waals surface area contributed by atoms with Gasteiger partial charge in [-0.1, -0.05) is 42.5 Å². The number of nitrogens with zero attached hydrogens (tertiary/aromatic N) is 1. The predicted molar refractivity (Wildman–Crippen MR) is 102 cm³/mol. The number of aliphatic hydroxyl groups excluding tert-OH is 1. The number of ether oxygens (including phenoxy) is 1. The number of hydrogen-bond donors (Lipinski definition) is 2. The van der Waals surface area contributed by atoms with Gasteiger partial charge in [0.1, 0.15) is 0 Å². The van der Waals surface area contributed by atoms with E-state index in [-0.39, 0.29) is 25.0 Å². The van der Waals surface area contributed by atoms with Crippen LogP contribution in [0.25, 0.3) is 0 Å². The molecule has 1 aliphatic heterocycles. The Bertz CT molecular complexity index is 656. The van der Waals surface area contributed by atoms with Crippen molar-refractivity contribution in [3.8, 4) is 0 Å². The molecule has 146 valence electrons. The molecule has 1 heterocycles. The van der Waals surface area contributed by atoms with Crippen molar-refractivity contribution >= 4 is 11.9 Å². The Labute approximate surface area is 159 Å². The third kappa shape index (κ3) is 7.66. The molecule has 2 rings (SSSR count). The number of carboxylic acid groups (broad SMARTS) is 1. The summed E-state index contributed by atoms with van der Waals surface area (Å²) in [7, 11) is 0. The number of rotatable bonds is 10. The number of aliphatic carboxylic acids is 1. The lowest BCUT2D eigenvalue weighted by molar-refractivity contribution is -0.137. The summed E-state index contributed by atoms with van der Waals surface area (Å²) in [5, 5.41) is 18.8. The number of aliphatic hydroxyl groups is 1. The van der Waals surface area contributed by atoms with Crippen LogP contribution in [0.2, 0.25) is 0 Å². The Kier molecular flexibility index (Phi) is 8.58. The molecule has 27 heavy (non-hydrogen) atoms. The lowest BCUT2D eigenvalue weighted by atomic mass is 9.99. The molecule has 1 fully saturated rings. The third-order valence-corrected chi connectivity index (χ3v) is 4.38. The number of hydrogen-bond acceptors (Lipinski definition) is 4. The SMILES string of the molecule is O=C(O)CCO/C=C\CN1C(=O)CCC[C@@H]1/C=C/C(O)Cc1ccccc1. The van der Waals surface area contributed by atoms with Crippen molar-refractivity contribution in [3.63, 3.8) is 0 Å². The standard InChI is InChI=1S/C21H27NO5/c23-19(16-17-6-2-1-3-7-17)11-10-18-8-4-9-20(24)22(18)13-5-14-27-15-12-21(25)26/h1-3,5-7,10-11,14,18-19,23H,4,8-9,12-13,15-16H2,(H,25,26)/b11-10+,14-5-/t18-,19?/m1/s1. The summed E-state index contributed by atoms with van der Waals surface area (Å²) in [6, 6.07) is 9.72. The molecule has 1 saturated heterocycles. The van der Waals surface area contributed by atoms with E-state index in [1.54, 1.807) is 17.1 Å². The van der Waals surface area contributed by atoms with E-state index in [1.165, 1.54) is 6.26 Å². The second-order valence-corrected chi connectivity index (χ2v) is 6.53. The monoisotopic (exact) mass is 373 g/mol. The van der Waals surface area contributed by atoms with Crippen LogP contribution in [0, 0.1) is 0 Å². The molecule has 2 N–H and O–H groups in total. The van der Waals surface area contributed by atoms with Gasteiger partial charge in [0, 0.05) is 19.4 Å². The molecule has 6 nitrogen and oxygen atoms in total. The molecule has 0 aromatic heterocycles. The minimum Gasteiger partial charge on any atom is -0.501 e. The molecule has 1 amide bonds. The molecule has 1 aromatic carbocycles. The normalized spacial score (nSPS) is 18.9. The number of likely N-dealkylation sites (tertiary alicyclic amines) is 1. The highest BCUT2D eigenvalue weighted by Gasteiger charge is 2.25. The largest absolute Gasteiger partial charge is 0.501 e. The topological polar surface area (TPSA) is 87.1 Å². The fourth-order valence-electron chi connectivity index (χ4n) is 3.00. The lowest BCUT2D eigenvalue weighted by Gasteiger charge is -2.33. The lowest BCUT2D eigenvalue weighted by Crippen LogP contribution is -2.42. The Morgan fingerprint density at radius 2 is 2.11 bits per heavy atom. The molecule has 1 aromatic rings. The third-order valence-electron chi connectivity index (χ3n) is 4.38. The van der Waals surface area contributed by atoms with Crippen LogP contribution in [-0.2, 0) is 20.7 Å². The fraction of sp³-hybridized carbons (Fsp3) is 0.429. The number of amides is 1. The second kappa shape index (κ2) is 11.2. The molecular weight excluding hydrogens is 346 g/mol. The van der Waals surface area contributed by atoms with Crippen molar-refractivity contribution < 1.29 is 24.5 Å². The van der Waals surface area contributed by atoms with E-state index >= 15 is 0 Å². The van der Waals surface area contributed by atoms with Crippen molar-refractivity contribution in [3.05, 3.63) is 60.4 Å². The van der Waals surface area contributed by atoms with Crippen LogP contribution in [-0.4, -0.2) is 52.3 Å². The average Bonchev–Trinajstić information content (AvgIpc) is 2.65. The quantitative estimate of drug-likeness (QED) is 0.374. The molecule has 1 unspecified atom stereocenters. The first-order valence-corrected chi connectivity index (χ1v) is 9.24. The number of benzene rings is 1. The fourth-order valence-corrected chi connectivity index (χ4v) is 3.00. The molecule has 1 aliphatic rings. The van der Waals surface area contributed by atoms with Crippen LogP contribution >= 0.6 is 0 Å². The minimum absolute atomic E-state index is 0.0552. The van der Waals surface area contributed by atoms with E-state index in [1.807, 2.05) is 36.4 Å². The highest BCUT2D eigenvalue weighted by Crippen LogP contribution is 2.19. The van der Waals surface area contributed by atoms with Crippen LogP contribution < -0.4 is 0 Å². The smallest absolute Gasteiger partial charge is 0.306 e. The van der Waals surface area contributed by atoms with Gasteiger partial charge in [0.15, 0.2) is 0 Å². The summed E-state index contributed by atoms with van der Waals surface area (Å²) < 4.78 is 5.11. The van der Waals surface area contributed by atoms with Gasteiger partial charge in [0.05, 0.1) is 31.4 Å². The highest BCUT2D eigenvalue weighted by molar-refractivity contribution is 5.77. The van der Waals surface area contributed by atoms with E-state index in [2.05, 4.69) is 0 Å². The van der Waals surface area contributed by atoms with E-state index in [4.69, 9.17) is 9.84 Å². The van der Waals surface area contributed by atoms with Gasteiger partial charge in [0.2, 0.25) is 5.91 Å². The van der Waals surface area contributed by atoms with Crippen LogP contribution in [0.5, 0.6) is 0 Å². The predicted octanol–water partition coefficient (Wildman–Crippen LogP) is 2.53. The summed E-state index contributed by atoms with van der Waals surface area (Å²) in [6.45, 7) is 0.504. The zero-order valence-corrected chi connectivity index (χ0v) is 15.4. The Morgan fingerprint density at radius 1 is 1.33 bits per heavy atom. The summed E-state index contributed by atoms with van der Waals surface area (Å²) in [5.41, 5.74) is 1.06. The van der Waals surface area contributed by atoms with E-state index in [0.29, 0.717) is 19.4 Å². The molecule has 2 atom stereocenters. The Balaban J connectivity index is 1.85. The van der Waals surface area contributed by atoms with E-state index in [0.717, 1.165) is 18.4 Å². The minimum atomic E-state index is -0.908. The summed E-state index contributed by atoms with van der Waals surface area (Å²) in [6.07, 6.45) is 8.91. The summed E-state index contributed by atoms with van der Waals surface area (Å²) >= 11 is 0. The van der Waals surface area contributed by atoms with Gasteiger partial charge >= 0.3 is 5.97 Å². The maximum atomic E-state index is 12.2. The van der Waals surface area contributed by atoms with Crippen LogP contribution in [0.3, 0.4) is 0 Å². The number of carboxylic acids is 1. The summed E-state index contributed by atoms with van der Waals surface area (Å²) in [5.74, 6) is -0.836. The van der Waals surface area contributed by atoms with E-state index < -0.39 is 12.1 Å². The Hall–Kier alpha value is -2.60. The van der Waals surface area contributed by atoms with Crippen molar-refractivity contribution in [1.29, 1.82) is 0 Å². The first-order chi connectivity index (χ1) is 13.1. The highest BCUT2D eigenvalue weighted by atomic mass is 16.5. The van der Waals surface area contributed by atoms with Crippen molar-refractivity contribution in [2.75, 3.05) is 13.2 Å². The van der Waals surface area contributed by atoms with Gasteiger partial charge in [-0.05, 0) is 24.5 Å². The van der Waals surface area contributed by atoms with Crippen molar-refractivity contribution in [2.24, 2.45) is 0 Å². The zero-order valence-electron chi connectivity index (χ0n) is 15.4. The molecule has 0 spiro atoms. The number of piperidine rings is 1. The average molecular weight is 373 g/mol. The van der Waals surface area contributed by atoms with Gasteiger partial charge < -0.3 is 19.8 Å². The second-order valence-electron chi connectivity index (χ2n) is 6.53. The Morgan fingerprint density at radius 3 is 2.85 bits per heavy atom. The molecule has 0 radical (unpaired) electrons. The van der Waals surface area contributed by atoms with Crippen molar-refractivity contribution in [1.82, 2.24) is 4.90 Å². The molecular formula is C21H27NO5. The molecule has 0 aliphatic carbocycles. The maximum Gasteiger partial charge on any atom is 0.306 e. The molecule has 6 heteroatoms. The molecule has 0 bridgehead atoms. The van der Waals surface area contributed by atoms with Gasteiger partial charge in [-0.15, -0.1) is 0 Å². The van der Waals surface area contributed by atoms with Crippen molar-refractivity contribution in [2.45, 2.75) is 44.2 Å². The van der Waals surface area contributed by atoms with Crippen LogP contribution in [0.4, 0.5) is 0 Å². The zero-order chi connectivity index (χ0) is 19.5. The van der Waals surface area contributed by atoms with Crippen LogP contribution in [0.1, 0.15) is 31.2 Å². The van der Waals surface area contributed by atoms with Gasteiger partial charge in [-0.3, -0.25) is 9.59 Å². The first kappa shape index (κ1) is 20.7. The van der Waals surface area contributed by atoms with Gasteiger partial charge in [-0.2, -0.15) is 0 Å². The maximum absolute atomic E-state index is 12.2.